The predicted octanol–water partition coefficient (Wildman–Crippen LogP) is 4.16. The molecule has 0 saturated carbocycles. The molecule has 4 nitrogen and oxygen atoms in total. The van der Waals surface area contributed by atoms with Crippen molar-refractivity contribution in [3.05, 3.63) is 35.5 Å². The Morgan fingerprint density at radius 1 is 1.32 bits per heavy atom. The largest absolute Gasteiger partial charge is 0.444 e. The Balaban J connectivity index is 1.59. The van der Waals surface area contributed by atoms with Crippen molar-refractivity contribution in [3.63, 3.8) is 0 Å². The molecule has 1 saturated heterocycles. The van der Waals surface area contributed by atoms with Crippen LogP contribution in [0.4, 0.5) is 4.79 Å². The molecule has 1 aromatic carbocycles. The summed E-state index contributed by atoms with van der Waals surface area (Å²) in [5, 5.41) is 1.90. The maximum Gasteiger partial charge on any atom is 0.410 e. The van der Waals surface area contributed by atoms with Crippen LogP contribution in [0.25, 0.3) is 10.9 Å². The highest BCUT2D eigenvalue weighted by Crippen LogP contribution is 2.25. The van der Waals surface area contributed by atoms with Gasteiger partial charge >= 0.3 is 6.09 Å². The first-order valence-corrected chi connectivity index (χ1v) is 7.92. The van der Waals surface area contributed by atoms with E-state index < -0.39 is 5.60 Å². The molecule has 0 bridgehead atoms. The number of fused-ring (bicyclic) bond motifs is 1. The van der Waals surface area contributed by atoms with E-state index in [0.29, 0.717) is 5.92 Å². The number of rotatable bonds is 2. The Labute approximate surface area is 135 Å². The number of ether oxygens (including phenoxy) is 1. The van der Waals surface area contributed by atoms with Gasteiger partial charge in [0.05, 0.1) is 0 Å². The fraction of sp³-hybridized carbons (Fsp3) is 0.471. The van der Waals surface area contributed by atoms with Gasteiger partial charge in [-0.3, -0.25) is 0 Å². The monoisotopic (exact) mass is 320 g/mol. The van der Waals surface area contributed by atoms with Crippen molar-refractivity contribution in [2.24, 2.45) is 5.92 Å². The van der Waals surface area contributed by atoms with Gasteiger partial charge in [0.25, 0.3) is 0 Å². The molecule has 1 amide bonds. The minimum absolute atomic E-state index is 0.215. The van der Waals surface area contributed by atoms with Gasteiger partial charge in [-0.25, -0.2) is 4.79 Å². The van der Waals surface area contributed by atoms with Crippen LogP contribution in [0.3, 0.4) is 0 Å². The van der Waals surface area contributed by atoms with Gasteiger partial charge in [0, 0.05) is 47.7 Å². The summed E-state index contributed by atoms with van der Waals surface area (Å²) in [6.45, 7) is 8.08. The van der Waals surface area contributed by atoms with Crippen LogP contribution in [0.1, 0.15) is 20.8 Å². The van der Waals surface area contributed by atoms with Crippen LogP contribution in [0.15, 0.2) is 30.5 Å². The number of amides is 1. The van der Waals surface area contributed by atoms with E-state index in [1.807, 2.05) is 39.0 Å². The van der Waals surface area contributed by atoms with Gasteiger partial charge in [-0.2, -0.15) is 0 Å². The van der Waals surface area contributed by atoms with Crippen LogP contribution in [0, 0.1) is 5.92 Å². The highest BCUT2D eigenvalue weighted by Gasteiger charge is 2.33. The van der Waals surface area contributed by atoms with Crippen molar-refractivity contribution >= 4 is 28.6 Å². The van der Waals surface area contributed by atoms with Crippen LogP contribution in [-0.2, 0) is 11.3 Å². The molecular weight excluding hydrogens is 300 g/mol. The molecule has 3 rings (SSSR count). The van der Waals surface area contributed by atoms with Crippen molar-refractivity contribution in [3.8, 4) is 0 Å². The van der Waals surface area contributed by atoms with Crippen molar-refractivity contribution in [2.45, 2.75) is 32.9 Å². The van der Waals surface area contributed by atoms with E-state index in [-0.39, 0.29) is 6.09 Å². The van der Waals surface area contributed by atoms with Gasteiger partial charge < -0.3 is 14.2 Å². The molecule has 2 heterocycles. The molecule has 0 spiro atoms. The molecule has 1 fully saturated rings. The Morgan fingerprint density at radius 2 is 2.05 bits per heavy atom. The number of likely N-dealkylation sites (tertiary alicyclic amines) is 1. The van der Waals surface area contributed by atoms with Crippen LogP contribution >= 0.6 is 11.6 Å². The summed E-state index contributed by atoms with van der Waals surface area (Å²) in [7, 11) is 0. The summed E-state index contributed by atoms with van der Waals surface area (Å²) in [6.07, 6.45) is 1.87. The number of nitrogens with zero attached hydrogens (tertiary/aromatic N) is 2. The van der Waals surface area contributed by atoms with Crippen molar-refractivity contribution < 1.29 is 9.53 Å². The smallest absolute Gasteiger partial charge is 0.410 e. The number of carbonyl (C=O) groups excluding carboxylic acids is 1. The molecule has 22 heavy (non-hydrogen) atoms. The lowest BCUT2D eigenvalue weighted by molar-refractivity contribution is -0.00315. The van der Waals surface area contributed by atoms with Gasteiger partial charge in [0.2, 0.25) is 0 Å². The molecule has 118 valence electrons. The number of benzene rings is 1. The number of hydrogen-bond donors (Lipinski definition) is 0. The molecule has 0 radical (unpaired) electrons. The summed E-state index contributed by atoms with van der Waals surface area (Å²) in [6, 6.07) is 8.00. The fourth-order valence-corrected chi connectivity index (χ4v) is 2.95. The zero-order valence-corrected chi connectivity index (χ0v) is 13.9. The third kappa shape index (κ3) is 3.22. The second-order valence-electron chi connectivity index (χ2n) is 6.92. The molecule has 0 aliphatic carbocycles. The minimum Gasteiger partial charge on any atom is -0.444 e. The lowest BCUT2D eigenvalue weighted by atomic mass is 10.0. The van der Waals surface area contributed by atoms with Crippen LogP contribution < -0.4 is 0 Å². The van der Waals surface area contributed by atoms with Crippen LogP contribution in [0.5, 0.6) is 0 Å². The van der Waals surface area contributed by atoms with Gasteiger partial charge in [0.15, 0.2) is 0 Å². The lowest BCUT2D eigenvalue weighted by Crippen LogP contribution is -2.52. The topological polar surface area (TPSA) is 34.5 Å². The van der Waals surface area contributed by atoms with Gasteiger partial charge in [-0.15, -0.1) is 0 Å². The Hall–Kier alpha value is -1.68. The van der Waals surface area contributed by atoms with E-state index in [1.54, 1.807) is 4.90 Å². The number of aromatic nitrogens is 1. The van der Waals surface area contributed by atoms with E-state index in [9.17, 15) is 4.79 Å². The van der Waals surface area contributed by atoms with E-state index in [4.69, 9.17) is 16.3 Å². The highest BCUT2D eigenvalue weighted by molar-refractivity contribution is 6.31. The molecule has 5 heteroatoms. The molecule has 0 N–H and O–H groups in total. The summed E-state index contributed by atoms with van der Waals surface area (Å²) >= 11 is 6.01. The molecule has 2 aromatic rings. The average Bonchev–Trinajstić information content (AvgIpc) is 2.73. The third-order valence-corrected chi connectivity index (χ3v) is 4.03. The zero-order chi connectivity index (χ0) is 15.9. The maximum atomic E-state index is 11.9. The predicted molar refractivity (Wildman–Crippen MR) is 88.2 cm³/mol. The number of carbonyl (C=O) groups is 1. The van der Waals surface area contributed by atoms with Gasteiger partial charge in [0.1, 0.15) is 5.60 Å². The average molecular weight is 321 g/mol. The van der Waals surface area contributed by atoms with E-state index in [0.717, 1.165) is 30.0 Å². The first kappa shape index (κ1) is 15.2. The minimum atomic E-state index is -0.432. The molecule has 0 unspecified atom stereocenters. The van der Waals surface area contributed by atoms with Crippen LogP contribution in [0.2, 0.25) is 5.02 Å². The Kier molecular flexibility index (Phi) is 3.81. The van der Waals surface area contributed by atoms with E-state index in [2.05, 4.69) is 16.8 Å². The maximum absolute atomic E-state index is 11.9. The van der Waals surface area contributed by atoms with Crippen molar-refractivity contribution in [1.29, 1.82) is 0 Å². The number of halogens is 1. The van der Waals surface area contributed by atoms with Crippen LogP contribution in [-0.4, -0.2) is 34.3 Å². The molecule has 1 aliphatic heterocycles. The summed E-state index contributed by atoms with van der Waals surface area (Å²) in [5.41, 5.74) is 0.748. The molecule has 1 aliphatic rings. The third-order valence-electron chi connectivity index (χ3n) is 3.80. The molecular formula is C17H21ClN2O2. The Morgan fingerprint density at radius 3 is 2.73 bits per heavy atom. The van der Waals surface area contributed by atoms with E-state index >= 15 is 0 Å². The second-order valence-corrected chi connectivity index (χ2v) is 7.36. The second kappa shape index (κ2) is 5.51. The zero-order valence-electron chi connectivity index (χ0n) is 13.2. The summed E-state index contributed by atoms with van der Waals surface area (Å²) in [4.78, 5) is 13.7. The summed E-state index contributed by atoms with van der Waals surface area (Å²) < 4.78 is 7.60. The number of hydrogen-bond acceptors (Lipinski definition) is 2. The highest BCUT2D eigenvalue weighted by atomic mass is 35.5. The van der Waals surface area contributed by atoms with E-state index in [1.165, 1.54) is 5.52 Å². The Bertz CT molecular complexity index is 696. The normalized spacial score (nSPS) is 15.9. The summed E-state index contributed by atoms with van der Waals surface area (Å²) in [5.74, 6) is 0.471. The first-order valence-electron chi connectivity index (χ1n) is 7.54. The standard InChI is InChI=1S/C17H21ClN2O2/c1-17(2,3)22-16(21)20-10-12(11-20)9-19-7-6-13-8-14(18)4-5-15(13)19/h4-8,12H,9-11H2,1-3H3. The molecule has 0 atom stereocenters. The van der Waals surface area contributed by atoms with Gasteiger partial charge in [-0.05, 0) is 45.0 Å². The fourth-order valence-electron chi connectivity index (χ4n) is 2.77. The van der Waals surface area contributed by atoms with Crippen molar-refractivity contribution in [1.82, 2.24) is 9.47 Å². The lowest BCUT2D eigenvalue weighted by Gasteiger charge is -2.40. The van der Waals surface area contributed by atoms with Crippen molar-refractivity contribution in [2.75, 3.05) is 13.1 Å². The quantitative estimate of drug-likeness (QED) is 0.832. The molecule has 1 aromatic heterocycles. The SMILES string of the molecule is CC(C)(C)OC(=O)N1CC(Cn2ccc3cc(Cl)ccc32)C1. The van der Waals surface area contributed by atoms with Gasteiger partial charge in [-0.1, -0.05) is 11.6 Å². The first-order chi connectivity index (χ1) is 10.3.